The van der Waals surface area contributed by atoms with Crippen molar-refractivity contribution in [1.82, 2.24) is 4.57 Å². The average Bonchev–Trinajstić information content (AvgIpc) is 2.71. The molecule has 1 aromatic heterocycles. The summed E-state index contributed by atoms with van der Waals surface area (Å²) in [6.45, 7) is 2.97. The van der Waals surface area contributed by atoms with Gasteiger partial charge in [-0.05, 0) is 44.2 Å². The summed E-state index contributed by atoms with van der Waals surface area (Å²) in [6.07, 6.45) is 1.49. The Kier molecular flexibility index (Phi) is 6.60. The highest BCUT2D eigenvalue weighted by molar-refractivity contribution is 5.49. The van der Waals surface area contributed by atoms with Gasteiger partial charge in [0.05, 0.1) is 24.0 Å². The molecule has 0 aliphatic rings. The number of hydrogen-bond acceptors (Lipinski definition) is 5. The van der Waals surface area contributed by atoms with Gasteiger partial charge < -0.3 is 19.3 Å². The molecule has 0 saturated heterocycles. The Hall–Kier alpha value is -3.39. The van der Waals surface area contributed by atoms with E-state index >= 15 is 0 Å². The first-order valence-electron chi connectivity index (χ1n) is 9.50. The van der Waals surface area contributed by atoms with Crippen LogP contribution in [0.15, 0.2) is 59.5 Å². The molecule has 0 fully saturated rings. The van der Waals surface area contributed by atoms with Gasteiger partial charge in [0.25, 0.3) is 5.56 Å². The van der Waals surface area contributed by atoms with Crippen molar-refractivity contribution >= 4 is 0 Å². The van der Waals surface area contributed by atoms with Crippen LogP contribution in [0.3, 0.4) is 0 Å². The zero-order valence-corrected chi connectivity index (χ0v) is 17.4. The first-order valence-corrected chi connectivity index (χ1v) is 9.50. The molecule has 8 heteroatoms. The van der Waals surface area contributed by atoms with E-state index in [1.807, 2.05) is 0 Å². The number of aromatic nitrogens is 1. The number of halogens is 2. The van der Waals surface area contributed by atoms with E-state index < -0.39 is 22.8 Å². The molecule has 2 aromatic carbocycles. The van der Waals surface area contributed by atoms with Crippen LogP contribution in [0.5, 0.6) is 17.2 Å². The van der Waals surface area contributed by atoms with Crippen molar-refractivity contribution in [2.75, 3.05) is 13.7 Å². The zero-order chi connectivity index (χ0) is 22.6. The summed E-state index contributed by atoms with van der Waals surface area (Å²) in [5.74, 6) is -0.432. The Morgan fingerprint density at radius 1 is 1.00 bits per heavy atom. The standard InChI is InChI=1S/C23H23F2NO5/c1-23(2,28)14-31-20-8-7-15(11-21(20)29-3)26-10-9-16(12-22(26)27)30-13-17-18(24)5-4-6-19(17)25/h4-12,28H,13-14H2,1-3H3. The van der Waals surface area contributed by atoms with E-state index in [9.17, 15) is 18.7 Å². The summed E-state index contributed by atoms with van der Waals surface area (Å²) < 4.78 is 45.1. The van der Waals surface area contributed by atoms with E-state index in [2.05, 4.69) is 0 Å². The molecule has 0 spiro atoms. The first-order chi connectivity index (χ1) is 14.7. The highest BCUT2D eigenvalue weighted by Gasteiger charge is 2.16. The molecule has 1 heterocycles. The molecule has 0 aliphatic heterocycles. The lowest BCUT2D eigenvalue weighted by molar-refractivity contribution is 0.0276. The maximum absolute atomic E-state index is 13.7. The molecule has 1 N–H and O–H groups in total. The molecule has 3 rings (SSSR count). The number of pyridine rings is 1. The largest absolute Gasteiger partial charge is 0.493 e. The summed E-state index contributed by atoms with van der Waals surface area (Å²) in [6, 6.07) is 11.2. The minimum atomic E-state index is -1.01. The Labute approximate surface area is 178 Å². The van der Waals surface area contributed by atoms with Crippen LogP contribution in [0.4, 0.5) is 8.78 Å². The molecule has 0 amide bonds. The molecule has 164 valence electrons. The van der Waals surface area contributed by atoms with Crippen LogP contribution in [-0.4, -0.2) is 29.0 Å². The minimum absolute atomic E-state index is 0.0668. The molecule has 0 saturated carbocycles. The molecule has 0 radical (unpaired) electrons. The number of hydrogen-bond donors (Lipinski definition) is 1. The van der Waals surface area contributed by atoms with Crippen LogP contribution in [0, 0.1) is 11.6 Å². The van der Waals surface area contributed by atoms with Gasteiger partial charge in [-0.1, -0.05) is 6.07 Å². The topological polar surface area (TPSA) is 69.9 Å². The second kappa shape index (κ2) is 9.18. The number of ether oxygens (including phenoxy) is 3. The Morgan fingerprint density at radius 2 is 1.71 bits per heavy atom. The third kappa shape index (κ3) is 5.61. The third-order valence-electron chi connectivity index (χ3n) is 4.34. The van der Waals surface area contributed by atoms with Gasteiger partial charge in [-0.3, -0.25) is 9.36 Å². The van der Waals surface area contributed by atoms with Gasteiger partial charge in [0.1, 0.15) is 30.6 Å². The predicted molar refractivity (Wildman–Crippen MR) is 111 cm³/mol. The van der Waals surface area contributed by atoms with Gasteiger partial charge in [0, 0.05) is 18.3 Å². The number of methoxy groups -OCH3 is 1. The zero-order valence-electron chi connectivity index (χ0n) is 17.4. The second-order valence-corrected chi connectivity index (χ2v) is 7.50. The monoisotopic (exact) mass is 431 g/mol. The highest BCUT2D eigenvalue weighted by atomic mass is 19.1. The van der Waals surface area contributed by atoms with E-state index in [1.54, 1.807) is 32.0 Å². The smallest absolute Gasteiger partial charge is 0.258 e. The summed E-state index contributed by atoms with van der Waals surface area (Å²) in [5, 5.41) is 9.82. The van der Waals surface area contributed by atoms with Crippen LogP contribution in [-0.2, 0) is 6.61 Å². The van der Waals surface area contributed by atoms with Crippen molar-refractivity contribution in [3.63, 3.8) is 0 Å². The van der Waals surface area contributed by atoms with Gasteiger partial charge in [0.15, 0.2) is 11.5 Å². The lowest BCUT2D eigenvalue weighted by Crippen LogP contribution is -2.28. The lowest BCUT2D eigenvalue weighted by atomic mass is 10.2. The molecule has 3 aromatic rings. The Bertz CT molecular complexity index is 1100. The van der Waals surface area contributed by atoms with Gasteiger partial charge in [-0.15, -0.1) is 0 Å². The number of aliphatic hydroxyl groups is 1. The molecule has 0 atom stereocenters. The SMILES string of the molecule is COc1cc(-n2ccc(OCc3c(F)cccc3F)cc2=O)ccc1OCC(C)(C)O. The molecular weight excluding hydrogens is 408 g/mol. The van der Waals surface area contributed by atoms with E-state index in [1.165, 1.54) is 36.1 Å². The Morgan fingerprint density at radius 3 is 2.32 bits per heavy atom. The fraction of sp³-hybridized carbons (Fsp3) is 0.261. The molecule has 0 aliphatic carbocycles. The molecule has 0 bridgehead atoms. The maximum Gasteiger partial charge on any atom is 0.258 e. The number of nitrogens with zero attached hydrogens (tertiary/aromatic N) is 1. The fourth-order valence-electron chi connectivity index (χ4n) is 2.77. The van der Waals surface area contributed by atoms with Crippen molar-refractivity contribution in [2.45, 2.75) is 26.1 Å². The minimum Gasteiger partial charge on any atom is -0.493 e. The van der Waals surface area contributed by atoms with Crippen LogP contribution < -0.4 is 19.8 Å². The van der Waals surface area contributed by atoms with Crippen molar-refractivity contribution < 1.29 is 28.1 Å². The van der Waals surface area contributed by atoms with Gasteiger partial charge in [-0.25, -0.2) is 8.78 Å². The quantitative estimate of drug-likeness (QED) is 0.587. The summed E-state index contributed by atoms with van der Waals surface area (Å²) in [7, 11) is 1.47. The lowest BCUT2D eigenvalue weighted by Gasteiger charge is -2.19. The molecule has 6 nitrogen and oxygen atoms in total. The van der Waals surface area contributed by atoms with Crippen molar-refractivity contribution in [2.24, 2.45) is 0 Å². The van der Waals surface area contributed by atoms with Crippen LogP contribution in [0.1, 0.15) is 19.4 Å². The maximum atomic E-state index is 13.7. The van der Waals surface area contributed by atoms with E-state index in [0.717, 1.165) is 12.1 Å². The van der Waals surface area contributed by atoms with Gasteiger partial charge >= 0.3 is 0 Å². The third-order valence-corrected chi connectivity index (χ3v) is 4.34. The van der Waals surface area contributed by atoms with Crippen LogP contribution in [0.25, 0.3) is 5.69 Å². The van der Waals surface area contributed by atoms with Crippen molar-refractivity contribution in [3.8, 4) is 22.9 Å². The van der Waals surface area contributed by atoms with Crippen molar-refractivity contribution in [3.05, 3.63) is 82.3 Å². The second-order valence-electron chi connectivity index (χ2n) is 7.50. The molecular formula is C23H23F2NO5. The van der Waals surface area contributed by atoms with E-state index in [-0.39, 0.29) is 24.5 Å². The van der Waals surface area contributed by atoms with Crippen LogP contribution >= 0.6 is 0 Å². The number of benzene rings is 2. The van der Waals surface area contributed by atoms with Gasteiger partial charge in [0.2, 0.25) is 0 Å². The summed E-state index contributed by atoms with van der Waals surface area (Å²) in [5.41, 5.74) is -1.11. The molecule has 31 heavy (non-hydrogen) atoms. The van der Waals surface area contributed by atoms with Crippen molar-refractivity contribution in [1.29, 1.82) is 0 Å². The highest BCUT2D eigenvalue weighted by Crippen LogP contribution is 2.30. The van der Waals surface area contributed by atoms with Crippen LogP contribution in [0.2, 0.25) is 0 Å². The Balaban J connectivity index is 1.78. The van der Waals surface area contributed by atoms with E-state index in [4.69, 9.17) is 14.2 Å². The first kappa shape index (κ1) is 22.3. The normalized spacial score (nSPS) is 11.3. The summed E-state index contributed by atoms with van der Waals surface area (Å²) in [4.78, 5) is 12.6. The average molecular weight is 431 g/mol. The number of rotatable bonds is 8. The van der Waals surface area contributed by atoms with E-state index in [0.29, 0.717) is 17.2 Å². The fourth-order valence-corrected chi connectivity index (χ4v) is 2.77. The molecule has 0 unspecified atom stereocenters. The predicted octanol–water partition coefficient (Wildman–Crippen LogP) is 3.85. The van der Waals surface area contributed by atoms with Gasteiger partial charge in [-0.2, -0.15) is 0 Å². The summed E-state index contributed by atoms with van der Waals surface area (Å²) >= 11 is 0.